The van der Waals surface area contributed by atoms with Gasteiger partial charge in [0.2, 0.25) is 5.91 Å². The van der Waals surface area contributed by atoms with Gasteiger partial charge in [0.25, 0.3) is 0 Å². The SMILES string of the molecule is CC(c1ccc(S(C)(=O)=O)cc1)N(C)C(=O)CCCCCCN. The molecule has 0 saturated carbocycles. The van der Waals surface area contributed by atoms with Crippen molar-refractivity contribution >= 4 is 15.7 Å². The highest BCUT2D eigenvalue weighted by Crippen LogP contribution is 2.21. The number of nitrogens with two attached hydrogens (primary N) is 1. The molecule has 0 bridgehead atoms. The molecule has 0 saturated heterocycles. The van der Waals surface area contributed by atoms with Gasteiger partial charge >= 0.3 is 0 Å². The summed E-state index contributed by atoms with van der Waals surface area (Å²) < 4.78 is 23.0. The van der Waals surface area contributed by atoms with Crippen molar-refractivity contribution < 1.29 is 13.2 Å². The first-order valence-electron chi connectivity index (χ1n) is 8.03. The number of hydrogen-bond donors (Lipinski definition) is 1. The third-order valence-electron chi connectivity index (χ3n) is 4.11. The number of benzene rings is 1. The number of rotatable bonds is 9. The molecule has 5 nitrogen and oxygen atoms in total. The summed E-state index contributed by atoms with van der Waals surface area (Å²) in [6.45, 7) is 2.65. The van der Waals surface area contributed by atoms with Gasteiger partial charge in [-0.05, 0) is 44.0 Å². The van der Waals surface area contributed by atoms with Crippen molar-refractivity contribution in [3.63, 3.8) is 0 Å². The van der Waals surface area contributed by atoms with E-state index in [0.717, 1.165) is 31.2 Å². The van der Waals surface area contributed by atoms with Crippen LogP contribution in [0.4, 0.5) is 0 Å². The number of carbonyl (C=O) groups excluding carboxylic acids is 1. The van der Waals surface area contributed by atoms with E-state index in [4.69, 9.17) is 5.73 Å². The lowest BCUT2D eigenvalue weighted by molar-refractivity contribution is -0.131. The van der Waals surface area contributed by atoms with Crippen LogP contribution in [-0.2, 0) is 14.6 Å². The van der Waals surface area contributed by atoms with E-state index in [-0.39, 0.29) is 11.9 Å². The second kappa shape index (κ2) is 9.03. The minimum absolute atomic E-state index is 0.0832. The van der Waals surface area contributed by atoms with Crippen LogP contribution in [0.2, 0.25) is 0 Å². The minimum Gasteiger partial charge on any atom is -0.339 e. The van der Waals surface area contributed by atoms with Gasteiger partial charge in [-0.3, -0.25) is 4.79 Å². The first kappa shape index (κ1) is 19.6. The van der Waals surface area contributed by atoms with Gasteiger partial charge in [0.15, 0.2) is 9.84 Å². The van der Waals surface area contributed by atoms with Crippen molar-refractivity contribution in [1.82, 2.24) is 4.90 Å². The van der Waals surface area contributed by atoms with Crippen LogP contribution < -0.4 is 5.73 Å². The molecule has 1 unspecified atom stereocenters. The lowest BCUT2D eigenvalue weighted by Crippen LogP contribution is -2.29. The lowest BCUT2D eigenvalue weighted by Gasteiger charge is -2.25. The fraction of sp³-hybridized carbons (Fsp3) is 0.588. The Kier molecular flexibility index (Phi) is 7.72. The molecule has 0 spiro atoms. The largest absolute Gasteiger partial charge is 0.339 e. The zero-order chi connectivity index (χ0) is 17.5. The molecule has 1 rings (SSSR count). The molecule has 0 radical (unpaired) electrons. The number of hydrogen-bond acceptors (Lipinski definition) is 4. The maximum atomic E-state index is 12.2. The van der Waals surface area contributed by atoms with E-state index in [0.29, 0.717) is 17.9 Å². The molecule has 0 aliphatic rings. The maximum Gasteiger partial charge on any atom is 0.222 e. The molecule has 0 heterocycles. The number of nitrogens with zero attached hydrogens (tertiary/aromatic N) is 1. The van der Waals surface area contributed by atoms with Crippen LogP contribution in [0.1, 0.15) is 50.6 Å². The predicted molar refractivity (Wildman–Crippen MR) is 92.9 cm³/mol. The first-order chi connectivity index (χ1) is 10.8. The van der Waals surface area contributed by atoms with E-state index in [1.54, 1.807) is 36.2 Å². The molecule has 0 aliphatic heterocycles. The molecule has 0 aromatic heterocycles. The maximum absolute atomic E-state index is 12.2. The summed E-state index contributed by atoms with van der Waals surface area (Å²) in [5.41, 5.74) is 6.37. The van der Waals surface area contributed by atoms with Crippen molar-refractivity contribution in [1.29, 1.82) is 0 Å². The standard InChI is InChI=1S/C17H28N2O3S/c1-14(15-9-11-16(12-10-15)23(3,21)22)19(2)17(20)8-6-4-5-7-13-18/h9-12,14H,4-8,13,18H2,1-3H3. The van der Waals surface area contributed by atoms with E-state index >= 15 is 0 Å². The lowest BCUT2D eigenvalue weighted by atomic mass is 10.1. The number of amides is 1. The van der Waals surface area contributed by atoms with Crippen molar-refractivity contribution in [2.75, 3.05) is 19.8 Å². The quantitative estimate of drug-likeness (QED) is 0.700. The molecular weight excluding hydrogens is 312 g/mol. The second-order valence-electron chi connectivity index (χ2n) is 5.97. The Morgan fingerprint density at radius 1 is 1.13 bits per heavy atom. The monoisotopic (exact) mass is 340 g/mol. The van der Waals surface area contributed by atoms with Crippen LogP contribution in [0.15, 0.2) is 29.2 Å². The minimum atomic E-state index is -3.19. The highest BCUT2D eigenvalue weighted by Gasteiger charge is 2.17. The average Bonchev–Trinajstić information content (AvgIpc) is 2.52. The molecule has 130 valence electrons. The fourth-order valence-electron chi connectivity index (χ4n) is 2.38. The number of sulfone groups is 1. The summed E-state index contributed by atoms with van der Waals surface area (Å²) in [4.78, 5) is 14.2. The Hall–Kier alpha value is -1.40. The van der Waals surface area contributed by atoms with Crippen LogP contribution in [0.3, 0.4) is 0 Å². The Labute approximate surface area is 139 Å². The normalized spacial score (nSPS) is 12.9. The van der Waals surface area contributed by atoms with Crippen molar-refractivity contribution in [2.24, 2.45) is 5.73 Å². The molecule has 1 aromatic carbocycles. The highest BCUT2D eigenvalue weighted by atomic mass is 32.2. The molecule has 1 amide bonds. The van der Waals surface area contributed by atoms with E-state index in [1.807, 2.05) is 6.92 Å². The molecule has 0 fully saturated rings. The van der Waals surface area contributed by atoms with Crippen LogP contribution in [0.5, 0.6) is 0 Å². The first-order valence-corrected chi connectivity index (χ1v) is 9.92. The molecule has 2 N–H and O–H groups in total. The third-order valence-corrected chi connectivity index (χ3v) is 5.24. The molecule has 1 atom stereocenters. The van der Waals surface area contributed by atoms with Gasteiger partial charge in [0.05, 0.1) is 10.9 Å². The van der Waals surface area contributed by atoms with Gasteiger partial charge in [-0.15, -0.1) is 0 Å². The topological polar surface area (TPSA) is 80.5 Å². The van der Waals surface area contributed by atoms with Crippen LogP contribution in [0.25, 0.3) is 0 Å². The third kappa shape index (κ3) is 6.31. The van der Waals surface area contributed by atoms with Gasteiger partial charge < -0.3 is 10.6 Å². The summed E-state index contributed by atoms with van der Waals surface area (Å²) in [7, 11) is -1.40. The van der Waals surface area contributed by atoms with Crippen LogP contribution in [-0.4, -0.2) is 39.1 Å². The van der Waals surface area contributed by atoms with Gasteiger partial charge in [-0.25, -0.2) is 8.42 Å². The Bertz CT molecular complexity index is 597. The molecule has 6 heteroatoms. The van der Waals surface area contributed by atoms with Gasteiger partial charge in [-0.2, -0.15) is 0 Å². The molecule has 1 aromatic rings. The van der Waals surface area contributed by atoms with Crippen LogP contribution in [0, 0.1) is 0 Å². The summed E-state index contributed by atoms with van der Waals surface area (Å²) in [6.07, 6.45) is 5.69. The second-order valence-corrected chi connectivity index (χ2v) is 7.99. The van der Waals surface area contributed by atoms with Crippen molar-refractivity contribution in [3.05, 3.63) is 29.8 Å². The fourth-order valence-corrected chi connectivity index (χ4v) is 3.01. The zero-order valence-corrected chi connectivity index (χ0v) is 15.1. The summed E-state index contributed by atoms with van der Waals surface area (Å²) >= 11 is 0. The highest BCUT2D eigenvalue weighted by molar-refractivity contribution is 7.90. The average molecular weight is 340 g/mol. The van der Waals surface area contributed by atoms with Gasteiger partial charge in [0.1, 0.15) is 0 Å². The van der Waals surface area contributed by atoms with Crippen LogP contribution >= 0.6 is 0 Å². The van der Waals surface area contributed by atoms with Gasteiger partial charge in [0, 0.05) is 19.7 Å². The predicted octanol–water partition coefficient (Wildman–Crippen LogP) is 2.52. The Balaban J connectivity index is 2.58. The Morgan fingerprint density at radius 3 is 2.22 bits per heavy atom. The molecule has 23 heavy (non-hydrogen) atoms. The number of unbranched alkanes of at least 4 members (excludes halogenated alkanes) is 3. The van der Waals surface area contributed by atoms with E-state index in [1.165, 1.54) is 6.26 Å². The smallest absolute Gasteiger partial charge is 0.222 e. The zero-order valence-electron chi connectivity index (χ0n) is 14.3. The summed E-state index contributed by atoms with van der Waals surface area (Å²) in [6, 6.07) is 6.64. The summed E-state index contributed by atoms with van der Waals surface area (Å²) in [5, 5.41) is 0. The van der Waals surface area contributed by atoms with Gasteiger partial charge in [-0.1, -0.05) is 25.0 Å². The molecule has 0 aliphatic carbocycles. The van der Waals surface area contributed by atoms with E-state index in [2.05, 4.69) is 0 Å². The summed E-state index contributed by atoms with van der Waals surface area (Å²) in [5.74, 6) is 0.109. The number of carbonyl (C=O) groups is 1. The van der Waals surface area contributed by atoms with E-state index < -0.39 is 9.84 Å². The van der Waals surface area contributed by atoms with Crippen molar-refractivity contribution in [2.45, 2.75) is 50.0 Å². The molecular formula is C17H28N2O3S. The van der Waals surface area contributed by atoms with E-state index in [9.17, 15) is 13.2 Å². The van der Waals surface area contributed by atoms with Crippen molar-refractivity contribution in [3.8, 4) is 0 Å². The Morgan fingerprint density at radius 2 is 1.70 bits per heavy atom.